The van der Waals surface area contributed by atoms with Gasteiger partial charge in [0, 0.05) is 6.42 Å². The fourth-order valence-electron chi connectivity index (χ4n) is 6.68. The van der Waals surface area contributed by atoms with Crippen LogP contribution >= 0.6 is 0 Å². The molecule has 0 aromatic carbocycles. The molecule has 0 bridgehead atoms. The van der Waals surface area contributed by atoms with E-state index in [1.807, 2.05) is 6.08 Å². The third-order valence-corrected chi connectivity index (χ3v) is 8.30. The lowest BCUT2D eigenvalue weighted by Gasteiger charge is -2.56. The summed E-state index contributed by atoms with van der Waals surface area (Å²) in [7, 11) is 0. The van der Waals surface area contributed by atoms with Crippen LogP contribution in [0.25, 0.3) is 0 Å². The van der Waals surface area contributed by atoms with Crippen molar-refractivity contribution in [3.63, 3.8) is 0 Å². The SMILES string of the molecule is CC1=CC2C3CCC(C)[C@@]3(C)CCC2[C@@]2(C)CCC(=O)C=C12.CC=O. The first kappa shape index (κ1) is 18.6. The van der Waals surface area contributed by atoms with Gasteiger partial charge in [-0.05, 0) is 92.1 Å². The van der Waals surface area contributed by atoms with E-state index >= 15 is 0 Å². The lowest BCUT2D eigenvalue weighted by atomic mass is 9.48. The standard InChI is InChI=1S/C21H30O.C2H4O/c1-13-11-16-17-6-5-14(2)20(17,3)10-8-18(16)21(4)9-7-15(22)12-19(13)21;1-2-3/h11-12,14,16-18H,5-10H2,1-4H3;2H,1H3/t14?,16?,17?,18?,20-,21-;/m1./s1. The van der Waals surface area contributed by atoms with Crippen LogP contribution in [0.2, 0.25) is 0 Å². The highest BCUT2D eigenvalue weighted by Gasteiger charge is 2.57. The van der Waals surface area contributed by atoms with E-state index in [1.54, 1.807) is 0 Å². The first-order valence-electron chi connectivity index (χ1n) is 10.1. The number of hydrogen-bond acceptors (Lipinski definition) is 2. The van der Waals surface area contributed by atoms with Crippen molar-refractivity contribution in [1.29, 1.82) is 0 Å². The minimum absolute atomic E-state index is 0.255. The van der Waals surface area contributed by atoms with E-state index in [0.29, 0.717) is 11.2 Å². The average molecular weight is 343 g/mol. The van der Waals surface area contributed by atoms with Crippen LogP contribution in [0.5, 0.6) is 0 Å². The maximum Gasteiger partial charge on any atom is 0.156 e. The highest BCUT2D eigenvalue weighted by atomic mass is 16.1. The zero-order valence-electron chi connectivity index (χ0n) is 16.6. The van der Waals surface area contributed by atoms with E-state index < -0.39 is 0 Å². The van der Waals surface area contributed by atoms with Crippen molar-refractivity contribution in [1.82, 2.24) is 0 Å². The molecule has 0 aromatic rings. The summed E-state index contributed by atoms with van der Waals surface area (Å²) in [5.74, 6) is 3.60. The fourth-order valence-corrected chi connectivity index (χ4v) is 6.68. The number of allylic oxidation sites excluding steroid dienone is 4. The Hall–Kier alpha value is -1.18. The second-order valence-corrected chi connectivity index (χ2v) is 9.34. The Morgan fingerprint density at radius 2 is 1.80 bits per heavy atom. The molecule has 25 heavy (non-hydrogen) atoms. The summed E-state index contributed by atoms with van der Waals surface area (Å²) in [5.41, 5.74) is 3.59. The van der Waals surface area contributed by atoms with Gasteiger partial charge in [-0.25, -0.2) is 0 Å². The van der Waals surface area contributed by atoms with E-state index in [9.17, 15) is 4.79 Å². The minimum atomic E-state index is 0.255. The van der Waals surface area contributed by atoms with E-state index in [2.05, 4.69) is 33.8 Å². The molecule has 0 heterocycles. The third kappa shape index (κ3) is 2.76. The summed E-state index contributed by atoms with van der Waals surface area (Å²) < 4.78 is 0. The summed E-state index contributed by atoms with van der Waals surface area (Å²) in [4.78, 5) is 20.7. The molecular formula is C23H34O2. The molecule has 138 valence electrons. The van der Waals surface area contributed by atoms with Gasteiger partial charge < -0.3 is 4.79 Å². The molecule has 2 nitrogen and oxygen atoms in total. The molecule has 2 saturated carbocycles. The van der Waals surface area contributed by atoms with Crippen molar-refractivity contribution >= 4 is 12.1 Å². The van der Waals surface area contributed by atoms with Crippen molar-refractivity contribution < 1.29 is 9.59 Å². The van der Waals surface area contributed by atoms with E-state index in [0.717, 1.165) is 42.8 Å². The number of carbonyl (C=O) groups is 2. The molecule has 0 aliphatic heterocycles. The van der Waals surface area contributed by atoms with Crippen molar-refractivity contribution in [3.05, 3.63) is 23.3 Å². The molecule has 0 radical (unpaired) electrons. The molecule has 0 aromatic heterocycles. The van der Waals surface area contributed by atoms with Crippen LogP contribution in [0.1, 0.15) is 73.1 Å². The molecular weight excluding hydrogens is 308 g/mol. The van der Waals surface area contributed by atoms with Crippen LogP contribution in [0.4, 0.5) is 0 Å². The largest absolute Gasteiger partial charge is 0.304 e. The molecule has 0 saturated heterocycles. The predicted molar refractivity (Wildman–Crippen MR) is 102 cm³/mol. The maximum absolute atomic E-state index is 11.9. The van der Waals surface area contributed by atoms with Gasteiger partial charge in [0.05, 0.1) is 0 Å². The van der Waals surface area contributed by atoms with Gasteiger partial charge in [0.15, 0.2) is 5.78 Å². The molecule has 4 aliphatic carbocycles. The van der Waals surface area contributed by atoms with E-state index in [-0.39, 0.29) is 5.41 Å². The first-order chi connectivity index (χ1) is 11.8. The fraction of sp³-hybridized carbons (Fsp3) is 0.739. The van der Waals surface area contributed by atoms with Gasteiger partial charge in [-0.2, -0.15) is 0 Å². The molecule has 0 N–H and O–H groups in total. The van der Waals surface area contributed by atoms with Gasteiger partial charge in [-0.15, -0.1) is 0 Å². The molecule has 0 spiro atoms. The number of rotatable bonds is 0. The molecule has 2 fully saturated rings. The van der Waals surface area contributed by atoms with Crippen LogP contribution in [0, 0.1) is 34.5 Å². The molecule has 6 atom stereocenters. The number of ketones is 1. The third-order valence-electron chi connectivity index (χ3n) is 8.30. The van der Waals surface area contributed by atoms with Gasteiger partial charge in [0.2, 0.25) is 0 Å². The number of hydrogen-bond donors (Lipinski definition) is 0. The van der Waals surface area contributed by atoms with Gasteiger partial charge in [-0.3, -0.25) is 4.79 Å². The highest BCUT2D eigenvalue weighted by molar-refractivity contribution is 5.92. The van der Waals surface area contributed by atoms with Crippen molar-refractivity contribution in [3.8, 4) is 0 Å². The smallest absolute Gasteiger partial charge is 0.156 e. The summed E-state index contributed by atoms with van der Waals surface area (Å²) in [5, 5.41) is 0. The number of carbonyl (C=O) groups excluding carboxylic acids is 2. The Bertz CT molecular complexity index is 628. The van der Waals surface area contributed by atoms with Crippen LogP contribution in [0.3, 0.4) is 0 Å². The highest BCUT2D eigenvalue weighted by Crippen LogP contribution is 2.65. The predicted octanol–water partition coefficient (Wildman–Crippen LogP) is 5.53. The van der Waals surface area contributed by atoms with Crippen LogP contribution in [0.15, 0.2) is 23.3 Å². The molecule has 0 amide bonds. The van der Waals surface area contributed by atoms with Gasteiger partial charge in [-0.1, -0.05) is 32.4 Å². The van der Waals surface area contributed by atoms with E-state index in [4.69, 9.17) is 4.79 Å². The van der Waals surface area contributed by atoms with Crippen LogP contribution in [-0.2, 0) is 9.59 Å². The topological polar surface area (TPSA) is 34.1 Å². The zero-order valence-corrected chi connectivity index (χ0v) is 16.6. The maximum atomic E-state index is 11.9. The van der Waals surface area contributed by atoms with Crippen LogP contribution in [-0.4, -0.2) is 12.1 Å². The van der Waals surface area contributed by atoms with Crippen molar-refractivity contribution in [2.75, 3.05) is 0 Å². The average Bonchev–Trinajstić information content (AvgIpc) is 2.86. The lowest BCUT2D eigenvalue weighted by Crippen LogP contribution is -2.49. The Kier molecular flexibility index (Phi) is 4.85. The van der Waals surface area contributed by atoms with Crippen molar-refractivity contribution in [2.45, 2.75) is 73.1 Å². The van der Waals surface area contributed by atoms with Crippen LogP contribution < -0.4 is 0 Å². The quantitative estimate of drug-likeness (QED) is 0.543. The molecule has 2 heteroatoms. The summed E-state index contributed by atoms with van der Waals surface area (Å²) in [6, 6.07) is 0. The van der Waals surface area contributed by atoms with Gasteiger partial charge in [0.1, 0.15) is 6.29 Å². The Labute approximate surface area is 153 Å². The molecule has 4 aliphatic rings. The molecule has 4 rings (SSSR count). The summed E-state index contributed by atoms with van der Waals surface area (Å²) in [6.45, 7) is 11.2. The number of aldehydes is 1. The minimum Gasteiger partial charge on any atom is -0.304 e. The van der Waals surface area contributed by atoms with Crippen molar-refractivity contribution in [2.24, 2.45) is 34.5 Å². The first-order valence-corrected chi connectivity index (χ1v) is 10.1. The Morgan fingerprint density at radius 1 is 1.12 bits per heavy atom. The van der Waals surface area contributed by atoms with E-state index in [1.165, 1.54) is 43.8 Å². The monoisotopic (exact) mass is 342 g/mol. The summed E-state index contributed by atoms with van der Waals surface area (Å²) >= 11 is 0. The second kappa shape index (κ2) is 6.52. The second-order valence-electron chi connectivity index (χ2n) is 9.34. The Morgan fingerprint density at radius 3 is 2.48 bits per heavy atom. The summed E-state index contributed by atoms with van der Waals surface area (Å²) in [6.07, 6.45) is 12.7. The molecule has 4 unspecified atom stereocenters. The van der Waals surface area contributed by atoms with Gasteiger partial charge in [0.25, 0.3) is 0 Å². The zero-order chi connectivity index (χ0) is 18.4. The normalized spacial score (nSPS) is 45.1. The lowest BCUT2D eigenvalue weighted by molar-refractivity contribution is -0.116. The van der Waals surface area contributed by atoms with Gasteiger partial charge >= 0.3 is 0 Å². The number of fused-ring (bicyclic) bond motifs is 5. The Balaban J connectivity index is 0.000000569.